The third-order valence-corrected chi connectivity index (χ3v) is 4.36. The molecule has 1 amide bonds. The summed E-state index contributed by atoms with van der Waals surface area (Å²) in [4.78, 5) is 12.5. The summed E-state index contributed by atoms with van der Waals surface area (Å²) in [6.07, 6.45) is 3.21. The lowest BCUT2D eigenvalue weighted by molar-refractivity contribution is 0.0896. The molecule has 0 aromatic carbocycles. The van der Waals surface area contributed by atoms with Crippen LogP contribution in [0.15, 0.2) is 15.6 Å². The molecule has 6 heteroatoms. The van der Waals surface area contributed by atoms with Gasteiger partial charge in [-0.1, -0.05) is 12.1 Å². The topological polar surface area (TPSA) is 101 Å². The van der Waals surface area contributed by atoms with Gasteiger partial charge in [-0.05, 0) is 51.5 Å². The fraction of sp³-hybridized carbons (Fsp3) is 0.600. The molecule has 116 valence electrons. The summed E-state index contributed by atoms with van der Waals surface area (Å²) in [6, 6.07) is 1.70. The van der Waals surface area contributed by atoms with Crippen molar-refractivity contribution < 1.29 is 14.4 Å². The van der Waals surface area contributed by atoms with Gasteiger partial charge in [-0.15, -0.1) is 0 Å². The lowest BCUT2D eigenvalue weighted by atomic mass is 9.76. The average Bonchev–Trinajstić information content (AvgIpc) is 2.79. The minimum Gasteiger partial charge on any atom is -0.466 e. The Morgan fingerprint density at radius 2 is 2.10 bits per heavy atom. The quantitative estimate of drug-likeness (QED) is 0.344. The van der Waals surface area contributed by atoms with Crippen molar-refractivity contribution in [3.05, 3.63) is 23.2 Å². The van der Waals surface area contributed by atoms with E-state index in [9.17, 15) is 4.79 Å². The van der Waals surface area contributed by atoms with Crippen molar-refractivity contribution in [1.29, 1.82) is 0 Å². The number of hydrogen-bond donors (Lipinski definition) is 3. The molecule has 0 saturated heterocycles. The first-order valence-corrected chi connectivity index (χ1v) is 7.25. The highest BCUT2D eigenvalue weighted by Gasteiger charge is 2.40. The third kappa shape index (κ3) is 3.04. The molecule has 0 atom stereocenters. The van der Waals surface area contributed by atoms with Gasteiger partial charge in [0.2, 0.25) is 0 Å². The molecule has 0 aliphatic heterocycles. The lowest BCUT2D eigenvalue weighted by Gasteiger charge is -2.38. The normalized spacial score (nSPS) is 26.6. The first-order chi connectivity index (χ1) is 9.88. The Bertz CT molecular complexity index is 555. The molecule has 0 bridgehead atoms. The molecule has 21 heavy (non-hydrogen) atoms. The molecule has 6 nitrogen and oxygen atoms in total. The number of hydrogen-bond acceptors (Lipinski definition) is 4. The fourth-order valence-electron chi connectivity index (χ4n) is 2.94. The zero-order valence-electron chi connectivity index (χ0n) is 12.8. The summed E-state index contributed by atoms with van der Waals surface area (Å²) >= 11 is 0. The van der Waals surface area contributed by atoms with E-state index in [-0.39, 0.29) is 11.7 Å². The van der Waals surface area contributed by atoms with Crippen LogP contribution in [-0.2, 0) is 0 Å². The SMILES string of the molecule is Cc1cc(C(=O)NC2(/C(N)=N/O)CCC(C)CC2)c(C)o1. The van der Waals surface area contributed by atoms with Crippen LogP contribution in [0.2, 0.25) is 0 Å². The number of nitrogens with zero attached hydrogens (tertiary/aromatic N) is 1. The van der Waals surface area contributed by atoms with E-state index in [1.165, 1.54) is 0 Å². The summed E-state index contributed by atoms with van der Waals surface area (Å²) in [5, 5.41) is 15.2. The molecule has 1 fully saturated rings. The predicted molar refractivity (Wildman–Crippen MR) is 79.4 cm³/mol. The third-order valence-electron chi connectivity index (χ3n) is 4.36. The second-order valence-corrected chi connectivity index (χ2v) is 6.03. The molecule has 0 spiro atoms. The molecular weight excluding hydrogens is 270 g/mol. The van der Waals surface area contributed by atoms with Crippen molar-refractivity contribution >= 4 is 11.7 Å². The molecule has 1 aliphatic carbocycles. The molecule has 1 saturated carbocycles. The highest BCUT2D eigenvalue weighted by molar-refractivity contribution is 6.00. The van der Waals surface area contributed by atoms with Crippen molar-refractivity contribution in [3.63, 3.8) is 0 Å². The van der Waals surface area contributed by atoms with E-state index in [0.29, 0.717) is 35.8 Å². The Morgan fingerprint density at radius 1 is 1.48 bits per heavy atom. The first-order valence-electron chi connectivity index (χ1n) is 7.25. The molecule has 1 aliphatic rings. The monoisotopic (exact) mass is 293 g/mol. The van der Waals surface area contributed by atoms with Crippen LogP contribution in [0.25, 0.3) is 0 Å². The molecule has 4 N–H and O–H groups in total. The number of carbonyl (C=O) groups is 1. The van der Waals surface area contributed by atoms with Gasteiger partial charge in [-0.25, -0.2) is 0 Å². The van der Waals surface area contributed by atoms with Gasteiger partial charge in [0.05, 0.1) is 5.56 Å². The molecule has 1 aromatic rings. The smallest absolute Gasteiger partial charge is 0.255 e. The maximum atomic E-state index is 12.5. The molecule has 0 unspecified atom stereocenters. The molecule has 1 aromatic heterocycles. The van der Waals surface area contributed by atoms with Crippen molar-refractivity contribution in [2.45, 2.75) is 52.0 Å². The van der Waals surface area contributed by atoms with Crippen LogP contribution in [0.4, 0.5) is 0 Å². The Labute approximate surface area is 124 Å². The van der Waals surface area contributed by atoms with Gasteiger partial charge in [0.15, 0.2) is 5.84 Å². The Hall–Kier alpha value is -1.98. The van der Waals surface area contributed by atoms with E-state index < -0.39 is 5.54 Å². The van der Waals surface area contributed by atoms with Crippen LogP contribution in [0, 0.1) is 19.8 Å². The van der Waals surface area contributed by atoms with Gasteiger partial charge < -0.3 is 20.7 Å². The lowest BCUT2D eigenvalue weighted by Crippen LogP contribution is -2.59. The maximum Gasteiger partial charge on any atom is 0.255 e. The van der Waals surface area contributed by atoms with Crippen molar-refractivity contribution in [2.75, 3.05) is 0 Å². The Kier molecular flexibility index (Phi) is 4.25. The zero-order chi connectivity index (χ0) is 15.6. The summed E-state index contributed by atoms with van der Waals surface area (Å²) in [5.74, 6) is 1.67. The van der Waals surface area contributed by atoms with Gasteiger partial charge >= 0.3 is 0 Å². The van der Waals surface area contributed by atoms with Crippen molar-refractivity contribution in [2.24, 2.45) is 16.8 Å². The van der Waals surface area contributed by atoms with E-state index in [2.05, 4.69) is 17.4 Å². The van der Waals surface area contributed by atoms with E-state index in [1.807, 2.05) is 0 Å². The predicted octanol–water partition coefficient (Wildman–Crippen LogP) is 2.32. The highest BCUT2D eigenvalue weighted by atomic mass is 16.4. The second kappa shape index (κ2) is 5.79. The van der Waals surface area contributed by atoms with Crippen LogP contribution in [0.5, 0.6) is 0 Å². The Balaban J connectivity index is 2.23. The van der Waals surface area contributed by atoms with E-state index in [4.69, 9.17) is 15.4 Å². The van der Waals surface area contributed by atoms with Gasteiger partial charge in [0.1, 0.15) is 17.1 Å². The van der Waals surface area contributed by atoms with Crippen LogP contribution >= 0.6 is 0 Å². The molecule has 1 heterocycles. The number of carbonyl (C=O) groups excluding carboxylic acids is 1. The standard InChI is InChI=1S/C15H23N3O3/c1-9-4-6-15(7-5-9,14(16)18-20)17-13(19)12-8-10(2)21-11(12)3/h8-9,20H,4-7H2,1-3H3,(H2,16,18)(H,17,19). The van der Waals surface area contributed by atoms with Gasteiger partial charge in [-0.3, -0.25) is 4.79 Å². The number of amidine groups is 1. The number of nitrogens with two attached hydrogens (primary N) is 1. The maximum absolute atomic E-state index is 12.5. The molecular formula is C15H23N3O3. The van der Waals surface area contributed by atoms with Crippen LogP contribution in [0.3, 0.4) is 0 Å². The first kappa shape index (κ1) is 15.4. The largest absolute Gasteiger partial charge is 0.466 e. The highest BCUT2D eigenvalue weighted by Crippen LogP contribution is 2.32. The fourth-order valence-corrected chi connectivity index (χ4v) is 2.94. The molecule has 0 radical (unpaired) electrons. The number of rotatable bonds is 3. The summed E-state index contributed by atoms with van der Waals surface area (Å²) in [6.45, 7) is 5.72. The van der Waals surface area contributed by atoms with Crippen LogP contribution < -0.4 is 11.1 Å². The second-order valence-electron chi connectivity index (χ2n) is 6.03. The number of amides is 1. The number of oxime groups is 1. The number of nitrogens with one attached hydrogen (secondary N) is 1. The van der Waals surface area contributed by atoms with Crippen molar-refractivity contribution in [1.82, 2.24) is 5.32 Å². The van der Waals surface area contributed by atoms with E-state index in [1.54, 1.807) is 19.9 Å². The minimum atomic E-state index is -0.768. The summed E-state index contributed by atoms with van der Waals surface area (Å²) in [7, 11) is 0. The van der Waals surface area contributed by atoms with E-state index >= 15 is 0 Å². The zero-order valence-corrected chi connectivity index (χ0v) is 12.8. The Morgan fingerprint density at radius 3 is 2.57 bits per heavy atom. The molecule has 2 rings (SSSR count). The van der Waals surface area contributed by atoms with Crippen molar-refractivity contribution in [3.8, 4) is 0 Å². The number of furan rings is 1. The average molecular weight is 293 g/mol. The summed E-state index contributed by atoms with van der Waals surface area (Å²) in [5.41, 5.74) is 5.59. The van der Waals surface area contributed by atoms with Crippen LogP contribution in [-0.4, -0.2) is 22.5 Å². The minimum absolute atomic E-state index is 0.0700. The van der Waals surface area contributed by atoms with Crippen LogP contribution in [0.1, 0.15) is 54.5 Å². The van der Waals surface area contributed by atoms with Gasteiger partial charge in [0, 0.05) is 0 Å². The summed E-state index contributed by atoms with van der Waals surface area (Å²) < 4.78 is 5.39. The van der Waals surface area contributed by atoms with E-state index in [0.717, 1.165) is 12.8 Å². The van der Waals surface area contributed by atoms with Gasteiger partial charge in [-0.2, -0.15) is 0 Å². The number of aryl methyl sites for hydroxylation is 2. The van der Waals surface area contributed by atoms with Gasteiger partial charge in [0.25, 0.3) is 5.91 Å².